The normalized spacial score (nSPS) is 17.2. The molecule has 2 nitrogen and oxygen atoms in total. The quantitative estimate of drug-likeness (QED) is 0.388. The van der Waals surface area contributed by atoms with Gasteiger partial charge in [0.15, 0.2) is 0 Å². The number of rotatable bonds is 1. The number of halogens is 1. The molecule has 8 heavy (non-hydrogen) atoms. The van der Waals surface area contributed by atoms with E-state index in [-0.39, 0.29) is 27.0 Å². The maximum atomic E-state index is 6.99. The Hall–Kier alpha value is -0.320. The van der Waals surface area contributed by atoms with Gasteiger partial charge in [-0.1, -0.05) is 0 Å². The van der Waals surface area contributed by atoms with Gasteiger partial charge in [-0.25, -0.2) is 0 Å². The molecule has 44 valence electrons. The van der Waals surface area contributed by atoms with Crippen LogP contribution in [-0.4, -0.2) is 5.84 Å². The van der Waals surface area contributed by atoms with Gasteiger partial charge in [0, 0.05) is 0 Å². The molecule has 1 aliphatic rings. The zero-order valence-electron chi connectivity index (χ0n) is 4.22. The van der Waals surface area contributed by atoms with Crippen LogP contribution in [0.25, 0.3) is 0 Å². The summed E-state index contributed by atoms with van der Waals surface area (Å²) in [4.78, 5) is 0. The van der Waals surface area contributed by atoms with E-state index in [1.165, 1.54) is 0 Å². The molecule has 0 radical (unpaired) electrons. The summed E-state index contributed by atoms with van der Waals surface area (Å²) in [6.07, 6.45) is 3.89. The van der Waals surface area contributed by atoms with Gasteiger partial charge in [-0.05, 0) is 0 Å². The average Bonchev–Trinajstić information content (AvgIpc) is 2.12. The van der Waals surface area contributed by atoms with Crippen LogP contribution >= 0.6 is 21.2 Å². The Labute approximate surface area is 58.2 Å². The molecule has 0 saturated heterocycles. The molecule has 0 aromatic heterocycles. The Bertz CT molecular complexity index is 169. The van der Waals surface area contributed by atoms with Crippen LogP contribution in [0.2, 0.25) is 0 Å². The molecule has 3 N–H and O–H groups in total. The van der Waals surface area contributed by atoms with Crippen LogP contribution in [0.1, 0.15) is 0 Å². The van der Waals surface area contributed by atoms with Crippen molar-refractivity contribution in [2.75, 3.05) is 0 Å². The molecule has 0 spiro atoms. The van der Waals surface area contributed by atoms with Crippen molar-refractivity contribution in [3.8, 4) is 0 Å². The predicted molar refractivity (Wildman–Crippen MR) is 44.6 cm³/mol. The third-order valence-electron chi connectivity index (χ3n) is 0.787. The average molecular weight is 222 g/mol. The molecule has 0 saturated carbocycles. The van der Waals surface area contributed by atoms with E-state index in [9.17, 15) is 0 Å². The number of nitrogens with two attached hydrogens (primary N) is 1. The Morgan fingerprint density at radius 3 is 2.75 bits per heavy atom. The fourth-order valence-electron chi connectivity index (χ4n) is 0.432. The number of hydrogen-bond donors (Lipinski definition) is 2. The van der Waals surface area contributed by atoms with Gasteiger partial charge in [0.25, 0.3) is 0 Å². The van der Waals surface area contributed by atoms with E-state index in [1.807, 2.05) is 12.2 Å². The van der Waals surface area contributed by atoms with Gasteiger partial charge in [-0.15, -0.1) is 0 Å². The monoisotopic (exact) mass is 222 g/mol. The van der Waals surface area contributed by atoms with Crippen molar-refractivity contribution < 1.29 is 0 Å². The molecule has 0 amide bonds. The van der Waals surface area contributed by atoms with Crippen molar-refractivity contribution >= 4 is 27.0 Å². The zero-order valence-corrected chi connectivity index (χ0v) is 6.55. The minimum absolute atomic E-state index is 0.190. The number of nitrogens with one attached hydrogen (secondary N) is 1. The van der Waals surface area contributed by atoms with Crippen LogP contribution in [0.15, 0.2) is 19.8 Å². The van der Waals surface area contributed by atoms with Crippen LogP contribution in [0.4, 0.5) is 0 Å². The van der Waals surface area contributed by atoms with Crippen LogP contribution in [0, 0.1) is 5.41 Å². The van der Waals surface area contributed by atoms with Crippen LogP contribution in [0.5, 0.6) is 0 Å². The van der Waals surface area contributed by atoms with Crippen molar-refractivity contribution in [3.05, 3.63) is 19.8 Å². The molecule has 0 unspecified atom stereocenters. The summed E-state index contributed by atoms with van der Waals surface area (Å²) in [6, 6.07) is 0. The molecule has 0 aromatic carbocycles. The summed E-state index contributed by atoms with van der Waals surface area (Å²) in [5.74, 6) is 0.248. The Morgan fingerprint density at radius 1 is 1.75 bits per heavy atom. The fraction of sp³-hybridized carbons (Fsp3) is 0. The summed E-state index contributed by atoms with van der Waals surface area (Å²) >= 11 is -0.190. The molecule has 0 fully saturated rings. The van der Waals surface area contributed by atoms with E-state index < -0.39 is 0 Å². The molecule has 0 aliphatic carbocycles. The minimum atomic E-state index is -0.190. The van der Waals surface area contributed by atoms with Crippen LogP contribution < -0.4 is 5.73 Å². The molecule has 3 heteroatoms. The van der Waals surface area contributed by atoms with E-state index in [4.69, 9.17) is 11.1 Å². The molecule has 0 aromatic rings. The standard InChI is InChI=1S/C5H7IN2/c7-5(8)4-2-1-3-6-4/h1-3,6H,(H3,7,8). The van der Waals surface area contributed by atoms with Crippen LogP contribution in [-0.2, 0) is 0 Å². The van der Waals surface area contributed by atoms with Crippen molar-refractivity contribution in [1.29, 1.82) is 5.41 Å². The van der Waals surface area contributed by atoms with Crippen molar-refractivity contribution in [2.24, 2.45) is 5.73 Å². The Morgan fingerprint density at radius 2 is 2.50 bits per heavy atom. The first-order chi connectivity index (χ1) is 3.80. The summed E-state index contributed by atoms with van der Waals surface area (Å²) in [5, 5.41) is 6.99. The second-order valence-corrected chi connectivity index (χ2v) is 4.10. The molecule has 1 rings (SSSR count). The second-order valence-electron chi connectivity index (χ2n) is 1.39. The molecule has 1 aliphatic heterocycles. The van der Waals surface area contributed by atoms with Crippen LogP contribution in [0.3, 0.4) is 0 Å². The van der Waals surface area contributed by atoms with Gasteiger partial charge in [-0.3, -0.25) is 0 Å². The topological polar surface area (TPSA) is 49.9 Å². The summed E-state index contributed by atoms with van der Waals surface area (Å²) in [5.41, 5.74) is 5.21. The molecular formula is C5H7IN2. The third kappa shape index (κ3) is 1.09. The molecule has 0 bridgehead atoms. The van der Waals surface area contributed by atoms with E-state index >= 15 is 0 Å². The fourth-order valence-corrected chi connectivity index (χ4v) is 2.11. The Kier molecular flexibility index (Phi) is 1.67. The summed E-state index contributed by atoms with van der Waals surface area (Å²) in [7, 11) is 0. The SMILES string of the molecule is N=C(N)C1=CC=C[IH]1. The van der Waals surface area contributed by atoms with E-state index in [0.717, 1.165) is 3.58 Å². The van der Waals surface area contributed by atoms with Gasteiger partial charge < -0.3 is 0 Å². The van der Waals surface area contributed by atoms with Crippen molar-refractivity contribution in [3.63, 3.8) is 0 Å². The first kappa shape index (κ1) is 5.81. The molecule has 1 heterocycles. The van der Waals surface area contributed by atoms with Gasteiger partial charge in [-0.2, -0.15) is 0 Å². The number of amidine groups is 1. The van der Waals surface area contributed by atoms with Crippen molar-refractivity contribution in [2.45, 2.75) is 0 Å². The second kappa shape index (κ2) is 2.30. The zero-order chi connectivity index (χ0) is 5.98. The summed E-state index contributed by atoms with van der Waals surface area (Å²) < 4.78 is 3.16. The molecular weight excluding hydrogens is 215 g/mol. The first-order valence-electron chi connectivity index (χ1n) is 2.18. The maximum absolute atomic E-state index is 6.99. The Balaban J connectivity index is 2.64. The molecule has 0 atom stereocenters. The third-order valence-corrected chi connectivity index (χ3v) is 3.36. The first-order valence-corrected chi connectivity index (χ1v) is 4.69. The van der Waals surface area contributed by atoms with Gasteiger partial charge in [0.2, 0.25) is 0 Å². The van der Waals surface area contributed by atoms with E-state index in [0.29, 0.717) is 0 Å². The summed E-state index contributed by atoms with van der Waals surface area (Å²) in [6.45, 7) is 0. The van der Waals surface area contributed by atoms with E-state index in [2.05, 4.69) is 4.08 Å². The van der Waals surface area contributed by atoms with Crippen molar-refractivity contribution in [1.82, 2.24) is 0 Å². The predicted octanol–water partition coefficient (Wildman–Crippen LogP) is 1.04. The van der Waals surface area contributed by atoms with Gasteiger partial charge >= 0.3 is 58.0 Å². The van der Waals surface area contributed by atoms with Gasteiger partial charge in [0.1, 0.15) is 0 Å². The number of allylic oxidation sites excluding steroid dienone is 2. The number of hydrogen-bond acceptors (Lipinski definition) is 1. The van der Waals surface area contributed by atoms with Gasteiger partial charge in [0.05, 0.1) is 0 Å². The van der Waals surface area contributed by atoms with E-state index in [1.54, 1.807) is 0 Å².